The van der Waals surface area contributed by atoms with E-state index in [1.54, 1.807) is 66.5 Å². The minimum atomic E-state index is -1.70. The first kappa shape index (κ1) is 55.1. The van der Waals surface area contributed by atoms with Gasteiger partial charge in [-0.2, -0.15) is 4.98 Å². The topological polar surface area (TPSA) is 221 Å². The quantitative estimate of drug-likeness (QED) is 0.0427. The summed E-state index contributed by atoms with van der Waals surface area (Å²) >= 11 is 2.57. The van der Waals surface area contributed by atoms with Gasteiger partial charge in [-0.25, -0.2) is 42.5 Å². The molecule has 0 fully saturated rings. The number of pyridine rings is 2. The summed E-state index contributed by atoms with van der Waals surface area (Å²) in [5, 5.41) is 16.9. The molecule has 1 atom stereocenters. The van der Waals surface area contributed by atoms with Crippen LogP contribution in [0.2, 0.25) is 0 Å². The van der Waals surface area contributed by atoms with Crippen LogP contribution in [0.15, 0.2) is 135 Å². The molecule has 4 N–H and O–H groups in total. The number of amides is 2. The van der Waals surface area contributed by atoms with Crippen molar-refractivity contribution in [3.8, 4) is 33.9 Å². The van der Waals surface area contributed by atoms with Gasteiger partial charge >= 0.3 is 0 Å². The second-order valence-electron chi connectivity index (χ2n) is 17.9. The molecule has 6 aromatic heterocycles. The highest BCUT2D eigenvalue weighted by atomic mass is 32.2. The molecule has 10 aromatic rings. The number of aryl methyl sites for hydroxylation is 2. The summed E-state index contributed by atoms with van der Waals surface area (Å²) < 4.78 is 73.6. The molecule has 6 heterocycles. The molecule has 1 unspecified atom stereocenters. The number of aromatic nitrogens is 8. The SMILES string of the molecule is Cc1ccc(C(=O)Nc2nccs2)cc1-c1nc(NCCCNC(C)C)nc2c1ccc(=O)n2-c1c(F)cccc1F.Cc1ccc(C(=O)Nc2nccs2)cc1-c1nc(S(C)=O)nc2c1ccc(=O)n2-c1c(F)cccc1F. The van der Waals surface area contributed by atoms with Gasteiger partial charge in [0.2, 0.25) is 11.1 Å². The average Bonchev–Trinajstić information content (AvgIpc) is 4.23. The Labute approximate surface area is 458 Å². The number of carbonyl (C=O) groups excluding carboxylic acids is 2. The molecular formula is C55H46F4N12O5S3. The van der Waals surface area contributed by atoms with Crippen molar-refractivity contribution in [2.24, 2.45) is 0 Å². The Morgan fingerprint density at radius 2 is 1.09 bits per heavy atom. The van der Waals surface area contributed by atoms with Gasteiger partial charge in [0.05, 0.1) is 22.2 Å². The lowest BCUT2D eigenvalue weighted by atomic mass is 9.99. The van der Waals surface area contributed by atoms with Crippen LogP contribution in [0.5, 0.6) is 0 Å². The molecule has 10 rings (SSSR count). The van der Waals surface area contributed by atoms with Gasteiger partial charge in [0.1, 0.15) is 34.6 Å². The Bertz CT molecular complexity index is 4060. The second-order valence-corrected chi connectivity index (χ2v) is 20.9. The summed E-state index contributed by atoms with van der Waals surface area (Å²) in [6.45, 7) is 9.03. The Morgan fingerprint density at radius 1 is 0.620 bits per heavy atom. The van der Waals surface area contributed by atoms with Crippen molar-refractivity contribution < 1.29 is 31.4 Å². The fourth-order valence-corrected chi connectivity index (χ4v) is 9.77. The third-order valence-electron chi connectivity index (χ3n) is 12.1. The van der Waals surface area contributed by atoms with E-state index in [1.807, 2.05) is 6.92 Å². The molecule has 0 radical (unpaired) electrons. The van der Waals surface area contributed by atoms with Crippen LogP contribution in [0.3, 0.4) is 0 Å². The molecule has 24 heteroatoms. The first-order valence-corrected chi connectivity index (χ1v) is 27.5. The van der Waals surface area contributed by atoms with E-state index >= 15 is 0 Å². The number of rotatable bonds is 15. The Morgan fingerprint density at radius 3 is 1.53 bits per heavy atom. The van der Waals surface area contributed by atoms with Crippen LogP contribution in [0.4, 0.5) is 33.8 Å². The average molecular weight is 1130 g/mol. The van der Waals surface area contributed by atoms with E-state index in [4.69, 9.17) is 4.98 Å². The van der Waals surface area contributed by atoms with Crippen LogP contribution in [-0.2, 0) is 10.8 Å². The summed E-state index contributed by atoms with van der Waals surface area (Å²) in [7, 11) is -1.70. The highest BCUT2D eigenvalue weighted by Gasteiger charge is 2.24. The zero-order valence-corrected chi connectivity index (χ0v) is 45.1. The molecule has 0 saturated carbocycles. The monoisotopic (exact) mass is 1130 g/mol. The summed E-state index contributed by atoms with van der Waals surface area (Å²) in [6, 6.07) is 22.4. The van der Waals surface area contributed by atoms with Gasteiger partial charge in [-0.1, -0.05) is 38.1 Å². The van der Waals surface area contributed by atoms with Gasteiger partial charge in [0.25, 0.3) is 22.9 Å². The van der Waals surface area contributed by atoms with Gasteiger partial charge in [-0.05, 0) is 98.6 Å². The fourth-order valence-electron chi connectivity index (χ4n) is 8.29. The van der Waals surface area contributed by atoms with Gasteiger partial charge < -0.3 is 10.6 Å². The van der Waals surface area contributed by atoms with Crippen LogP contribution in [0.1, 0.15) is 52.1 Å². The van der Waals surface area contributed by atoms with Crippen molar-refractivity contribution in [2.75, 3.05) is 35.3 Å². The molecule has 17 nitrogen and oxygen atoms in total. The standard InChI is InChI=1S/C30H29F2N7O2S.C25H17F2N5O3S2/c1-17(2)33-12-5-13-34-29-36-25(21-16-19(9-8-18(21)3)28(41)38-30-35-14-15-42-30)20-10-11-24(40)39(27(20)37-29)26-22(31)6-4-7-23(26)32;1-13-6-7-14(23(34)31-24-28-10-11-36-24)12-16(13)20-15-8-9-19(33)32(21-17(26)4-3-5-18(21)27)22(15)30-25(29-20)37(2)35/h4,6-11,14-17,33H,5,12-13H2,1-3H3,(H,34,36,37)(H,35,38,41);3-12H,1-2H3,(H,28,31,34). The zero-order chi connectivity index (χ0) is 56.1. The van der Waals surface area contributed by atoms with E-state index in [0.717, 1.165) is 58.0 Å². The van der Waals surface area contributed by atoms with Gasteiger partial charge in [0.15, 0.2) is 21.6 Å². The number of para-hydroxylation sites is 2. The Hall–Kier alpha value is -8.71. The molecule has 0 aliphatic heterocycles. The predicted molar refractivity (Wildman–Crippen MR) is 299 cm³/mol. The summed E-state index contributed by atoms with van der Waals surface area (Å²) in [4.78, 5) is 78.0. The number of anilines is 3. The van der Waals surface area contributed by atoms with E-state index in [0.29, 0.717) is 61.7 Å². The number of nitrogens with one attached hydrogen (secondary N) is 4. The van der Waals surface area contributed by atoms with E-state index in [-0.39, 0.29) is 39.4 Å². The highest BCUT2D eigenvalue weighted by molar-refractivity contribution is 7.84. The first-order chi connectivity index (χ1) is 38.0. The molecule has 0 bridgehead atoms. The predicted octanol–water partition coefficient (Wildman–Crippen LogP) is 10.0. The molecule has 0 saturated heterocycles. The number of thiazole rings is 2. The number of benzene rings is 4. The minimum Gasteiger partial charge on any atom is -0.354 e. The van der Waals surface area contributed by atoms with Crippen molar-refractivity contribution in [1.29, 1.82) is 0 Å². The summed E-state index contributed by atoms with van der Waals surface area (Å²) in [6.07, 6.45) is 5.27. The van der Waals surface area contributed by atoms with Crippen LogP contribution in [0.25, 0.3) is 56.0 Å². The maximum atomic E-state index is 15.0. The smallest absolute Gasteiger partial charge is 0.257 e. The van der Waals surface area contributed by atoms with E-state index < -0.39 is 62.5 Å². The molecule has 0 aliphatic rings. The summed E-state index contributed by atoms with van der Waals surface area (Å²) in [5.74, 6) is -4.33. The van der Waals surface area contributed by atoms with Crippen molar-refractivity contribution in [3.63, 3.8) is 0 Å². The van der Waals surface area contributed by atoms with Crippen molar-refractivity contribution in [3.05, 3.63) is 186 Å². The number of fused-ring (bicyclic) bond motifs is 2. The van der Waals surface area contributed by atoms with Crippen LogP contribution in [0, 0.1) is 37.1 Å². The maximum absolute atomic E-state index is 15.0. The lowest BCUT2D eigenvalue weighted by molar-refractivity contribution is 0.101. The van der Waals surface area contributed by atoms with Gasteiger partial charge in [0, 0.05) is 87.2 Å². The fraction of sp³-hybridized carbons (Fsp3) is 0.164. The molecule has 4 aromatic carbocycles. The third kappa shape index (κ3) is 12.1. The number of nitrogens with zero attached hydrogens (tertiary/aromatic N) is 8. The summed E-state index contributed by atoms with van der Waals surface area (Å²) in [5.41, 5.74) is 1.28. The van der Waals surface area contributed by atoms with Crippen molar-refractivity contribution >= 4 is 83.6 Å². The zero-order valence-electron chi connectivity index (χ0n) is 42.6. The van der Waals surface area contributed by atoms with Crippen molar-refractivity contribution in [2.45, 2.75) is 45.3 Å². The molecule has 0 aliphatic carbocycles. The minimum absolute atomic E-state index is 0.0244. The largest absolute Gasteiger partial charge is 0.354 e. The van der Waals surface area contributed by atoms with E-state index in [1.165, 1.54) is 59.3 Å². The third-order valence-corrected chi connectivity index (χ3v) is 14.1. The van der Waals surface area contributed by atoms with Crippen LogP contribution < -0.4 is 32.4 Å². The molecule has 2 amide bonds. The van der Waals surface area contributed by atoms with E-state index in [2.05, 4.69) is 60.0 Å². The number of halogens is 4. The Balaban J connectivity index is 0.000000193. The van der Waals surface area contributed by atoms with Crippen molar-refractivity contribution in [1.82, 2.24) is 44.4 Å². The van der Waals surface area contributed by atoms with Gasteiger partial charge in [-0.3, -0.25) is 43.2 Å². The lowest BCUT2D eigenvalue weighted by Gasteiger charge is -2.16. The lowest BCUT2D eigenvalue weighted by Crippen LogP contribution is -2.25. The highest BCUT2D eigenvalue weighted by Crippen LogP contribution is 2.34. The number of hydrogen-bond acceptors (Lipinski definition) is 15. The Kier molecular flexibility index (Phi) is 16.7. The number of hydrogen-bond donors (Lipinski definition) is 4. The first-order valence-electron chi connectivity index (χ1n) is 24.2. The molecule has 79 heavy (non-hydrogen) atoms. The maximum Gasteiger partial charge on any atom is 0.257 e. The van der Waals surface area contributed by atoms with Crippen LogP contribution >= 0.6 is 22.7 Å². The second kappa shape index (κ2) is 23.9. The van der Waals surface area contributed by atoms with Crippen LogP contribution in [-0.4, -0.2) is 80.4 Å². The normalized spacial score (nSPS) is 11.6. The van der Waals surface area contributed by atoms with Gasteiger partial charge in [-0.15, -0.1) is 22.7 Å². The molecule has 0 spiro atoms. The molecular weight excluding hydrogens is 1080 g/mol. The number of carbonyl (C=O) groups is 2. The molecule has 402 valence electrons. The van der Waals surface area contributed by atoms with E-state index in [9.17, 15) is 40.9 Å².